The van der Waals surface area contributed by atoms with Crippen molar-refractivity contribution in [2.45, 2.75) is 12.8 Å². The molecule has 4 heteroatoms. The minimum absolute atomic E-state index is 0.0835. The van der Waals surface area contributed by atoms with E-state index in [1.54, 1.807) is 6.21 Å². The van der Waals surface area contributed by atoms with Gasteiger partial charge in [0, 0.05) is 11.8 Å². The first kappa shape index (κ1) is 18.4. The molecule has 0 aliphatic rings. The number of hydrogen-bond donors (Lipinski definition) is 1. The topological polar surface area (TPSA) is 50.7 Å². The maximum Gasteiger partial charge on any atom is 0.277 e. The summed E-state index contributed by atoms with van der Waals surface area (Å²) in [6.07, 6.45) is 3.37. The van der Waals surface area contributed by atoms with E-state index >= 15 is 0 Å². The Kier molecular flexibility index (Phi) is 6.76. The van der Waals surface area contributed by atoms with Crippen LogP contribution >= 0.6 is 0 Å². The molecule has 136 valence electrons. The Morgan fingerprint density at radius 1 is 0.889 bits per heavy atom. The van der Waals surface area contributed by atoms with Crippen LogP contribution in [-0.4, -0.2) is 18.7 Å². The van der Waals surface area contributed by atoms with Gasteiger partial charge in [-0.05, 0) is 30.0 Å². The maximum absolute atomic E-state index is 11.9. The van der Waals surface area contributed by atoms with Crippen molar-refractivity contribution in [3.05, 3.63) is 90.5 Å². The van der Waals surface area contributed by atoms with Crippen LogP contribution in [0, 0.1) is 0 Å². The van der Waals surface area contributed by atoms with Crippen LogP contribution in [0.25, 0.3) is 11.1 Å². The average Bonchev–Trinajstić information content (AvgIpc) is 2.73. The van der Waals surface area contributed by atoms with Crippen molar-refractivity contribution in [2.24, 2.45) is 5.10 Å². The fourth-order valence-corrected chi connectivity index (χ4v) is 2.68. The van der Waals surface area contributed by atoms with Gasteiger partial charge >= 0.3 is 0 Å². The third-order valence-corrected chi connectivity index (χ3v) is 4.02. The molecule has 0 saturated carbocycles. The van der Waals surface area contributed by atoms with Crippen molar-refractivity contribution in [3.8, 4) is 16.9 Å². The molecule has 4 nitrogen and oxygen atoms in total. The van der Waals surface area contributed by atoms with Gasteiger partial charge in [-0.1, -0.05) is 78.9 Å². The Morgan fingerprint density at radius 3 is 2.33 bits per heavy atom. The van der Waals surface area contributed by atoms with Crippen LogP contribution in [0.15, 0.2) is 90.0 Å². The first-order valence-corrected chi connectivity index (χ1v) is 8.94. The van der Waals surface area contributed by atoms with Gasteiger partial charge in [0.25, 0.3) is 5.91 Å². The second-order valence-electron chi connectivity index (χ2n) is 6.02. The molecule has 0 saturated heterocycles. The van der Waals surface area contributed by atoms with E-state index in [0.717, 1.165) is 24.0 Å². The number of nitrogens with zero attached hydrogens (tertiary/aromatic N) is 1. The van der Waals surface area contributed by atoms with E-state index in [4.69, 9.17) is 4.74 Å². The zero-order valence-corrected chi connectivity index (χ0v) is 15.0. The quantitative estimate of drug-likeness (QED) is 0.477. The van der Waals surface area contributed by atoms with Gasteiger partial charge in [-0.2, -0.15) is 5.10 Å². The molecule has 0 radical (unpaired) electrons. The number of rotatable bonds is 8. The number of hydrogen-bond acceptors (Lipinski definition) is 3. The molecule has 3 rings (SSSR count). The molecule has 27 heavy (non-hydrogen) atoms. The van der Waals surface area contributed by atoms with Gasteiger partial charge in [0.1, 0.15) is 5.75 Å². The fraction of sp³-hybridized carbons (Fsp3) is 0.130. The van der Waals surface area contributed by atoms with Crippen molar-refractivity contribution in [2.75, 3.05) is 6.61 Å². The average molecular weight is 358 g/mol. The summed E-state index contributed by atoms with van der Waals surface area (Å²) < 4.78 is 5.69. The summed E-state index contributed by atoms with van der Waals surface area (Å²) >= 11 is 0. The molecule has 0 fully saturated rings. The van der Waals surface area contributed by atoms with Crippen LogP contribution in [0.4, 0.5) is 0 Å². The highest BCUT2D eigenvalue weighted by Gasteiger charge is 2.07. The van der Waals surface area contributed by atoms with Crippen LogP contribution in [-0.2, 0) is 11.2 Å². The largest absolute Gasteiger partial charge is 0.483 e. The zero-order valence-electron chi connectivity index (χ0n) is 15.0. The van der Waals surface area contributed by atoms with Crippen molar-refractivity contribution < 1.29 is 9.53 Å². The number of nitrogens with one attached hydrogen (secondary N) is 1. The monoisotopic (exact) mass is 358 g/mol. The van der Waals surface area contributed by atoms with E-state index in [0.29, 0.717) is 5.75 Å². The van der Waals surface area contributed by atoms with Gasteiger partial charge in [-0.15, -0.1) is 0 Å². The third kappa shape index (κ3) is 5.82. The highest BCUT2D eigenvalue weighted by molar-refractivity contribution is 5.79. The molecule has 0 atom stereocenters. The maximum atomic E-state index is 11.9. The zero-order chi connectivity index (χ0) is 18.7. The Bertz CT molecular complexity index is 877. The number of aryl methyl sites for hydroxylation is 1. The minimum atomic E-state index is -0.283. The van der Waals surface area contributed by atoms with E-state index in [1.165, 1.54) is 5.56 Å². The van der Waals surface area contributed by atoms with Crippen LogP contribution < -0.4 is 10.2 Å². The summed E-state index contributed by atoms with van der Waals surface area (Å²) in [5.41, 5.74) is 5.75. The molecule has 0 aliphatic carbocycles. The van der Waals surface area contributed by atoms with E-state index in [1.807, 2.05) is 72.8 Å². The first-order chi connectivity index (χ1) is 13.3. The number of amides is 1. The molecular formula is C23H22N2O2. The lowest BCUT2D eigenvalue weighted by atomic mass is 10.1. The number of carbonyl (C=O) groups is 1. The molecular weight excluding hydrogens is 336 g/mol. The third-order valence-electron chi connectivity index (χ3n) is 4.02. The van der Waals surface area contributed by atoms with Crippen molar-refractivity contribution in [1.82, 2.24) is 5.43 Å². The van der Waals surface area contributed by atoms with E-state index in [-0.39, 0.29) is 12.5 Å². The molecule has 3 aromatic carbocycles. The normalized spacial score (nSPS) is 10.7. The second kappa shape index (κ2) is 9.92. The number of benzene rings is 3. The van der Waals surface area contributed by atoms with E-state index < -0.39 is 0 Å². The number of para-hydroxylation sites is 1. The predicted octanol–water partition coefficient (Wildman–Crippen LogP) is 4.47. The lowest BCUT2D eigenvalue weighted by molar-refractivity contribution is -0.123. The van der Waals surface area contributed by atoms with Crippen molar-refractivity contribution in [1.29, 1.82) is 0 Å². The number of hydrazone groups is 1. The van der Waals surface area contributed by atoms with Crippen molar-refractivity contribution >= 4 is 12.1 Å². The first-order valence-electron chi connectivity index (χ1n) is 8.94. The van der Waals surface area contributed by atoms with E-state index in [2.05, 4.69) is 22.7 Å². The summed E-state index contributed by atoms with van der Waals surface area (Å²) in [5.74, 6) is 0.390. The minimum Gasteiger partial charge on any atom is -0.483 e. The van der Waals surface area contributed by atoms with E-state index in [9.17, 15) is 4.79 Å². The summed E-state index contributed by atoms with van der Waals surface area (Å²) in [6, 6.07) is 27.8. The predicted molar refractivity (Wildman–Crippen MR) is 109 cm³/mol. The van der Waals surface area contributed by atoms with Crippen LogP contribution in [0.1, 0.15) is 12.0 Å². The van der Waals surface area contributed by atoms with Crippen LogP contribution in [0.2, 0.25) is 0 Å². The molecule has 0 bridgehead atoms. The van der Waals surface area contributed by atoms with Gasteiger partial charge in [-0.25, -0.2) is 5.43 Å². The summed E-state index contributed by atoms with van der Waals surface area (Å²) in [4.78, 5) is 11.9. The van der Waals surface area contributed by atoms with Crippen molar-refractivity contribution in [3.63, 3.8) is 0 Å². The molecule has 0 spiro atoms. The number of carbonyl (C=O) groups excluding carboxylic acids is 1. The standard InChI is InChI=1S/C23H22N2O2/c26-23(25-24-17-9-12-19-10-3-1-4-11-19)18-27-22-16-8-7-15-21(22)20-13-5-2-6-14-20/h1-8,10-11,13-17H,9,12,18H2,(H,25,26)/b24-17+. The molecule has 1 N–H and O–H groups in total. The van der Waals surface area contributed by atoms with Gasteiger partial charge in [-0.3, -0.25) is 4.79 Å². The Balaban J connectivity index is 1.46. The highest BCUT2D eigenvalue weighted by Crippen LogP contribution is 2.29. The van der Waals surface area contributed by atoms with Gasteiger partial charge in [0.15, 0.2) is 6.61 Å². The SMILES string of the molecule is O=C(COc1ccccc1-c1ccccc1)N/N=C/CCc1ccccc1. The van der Waals surface area contributed by atoms with Crippen LogP contribution in [0.5, 0.6) is 5.75 Å². The molecule has 1 amide bonds. The number of ether oxygens (including phenoxy) is 1. The molecule has 0 aliphatic heterocycles. The van der Waals surface area contributed by atoms with Gasteiger partial charge in [0.2, 0.25) is 0 Å². The van der Waals surface area contributed by atoms with Crippen LogP contribution in [0.3, 0.4) is 0 Å². The molecule has 0 heterocycles. The fourth-order valence-electron chi connectivity index (χ4n) is 2.68. The lowest BCUT2D eigenvalue weighted by Gasteiger charge is -2.10. The lowest BCUT2D eigenvalue weighted by Crippen LogP contribution is -2.24. The van der Waals surface area contributed by atoms with Gasteiger partial charge < -0.3 is 4.74 Å². The molecule has 0 unspecified atom stereocenters. The molecule has 0 aromatic heterocycles. The Labute approximate surface area is 159 Å². The summed E-state index contributed by atoms with van der Waals surface area (Å²) in [7, 11) is 0. The molecule has 3 aromatic rings. The van der Waals surface area contributed by atoms with Gasteiger partial charge in [0.05, 0.1) is 0 Å². The highest BCUT2D eigenvalue weighted by atomic mass is 16.5. The summed E-state index contributed by atoms with van der Waals surface area (Å²) in [5, 5.41) is 3.97. The smallest absolute Gasteiger partial charge is 0.277 e. The Hall–Kier alpha value is -3.40. The second-order valence-corrected chi connectivity index (χ2v) is 6.02. The summed E-state index contributed by atoms with van der Waals surface area (Å²) in [6.45, 7) is -0.0835. The Morgan fingerprint density at radius 2 is 1.56 bits per heavy atom.